The fourth-order valence-corrected chi connectivity index (χ4v) is 4.33. The van der Waals surface area contributed by atoms with Crippen molar-refractivity contribution in [2.75, 3.05) is 6.61 Å². The molecule has 1 atom stereocenters. The van der Waals surface area contributed by atoms with Crippen LogP contribution in [-0.2, 0) is 14.6 Å². The lowest BCUT2D eigenvalue weighted by Crippen LogP contribution is -2.12. The van der Waals surface area contributed by atoms with Gasteiger partial charge in [0.05, 0.1) is 6.61 Å². The Bertz CT molecular complexity index is 488. The lowest BCUT2D eigenvalue weighted by Gasteiger charge is -2.12. The lowest BCUT2D eigenvalue weighted by molar-refractivity contribution is 0.234. The minimum atomic E-state index is -4.36. The van der Waals surface area contributed by atoms with Gasteiger partial charge in [-0.2, -0.15) is 8.42 Å². The summed E-state index contributed by atoms with van der Waals surface area (Å²) < 4.78 is 35.4. The van der Waals surface area contributed by atoms with Crippen LogP contribution >= 0.6 is 0 Å². The molecular weight excluding hydrogens is 408 g/mol. The summed E-state index contributed by atoms with van der Waals surface area (Å²) in [6, 6.07) is 0. The van der Waals surface area contributed by atoms with Crippen LogP contribution in [0.3, 0.4) is 0 Å². The molecule has 0 rings (SSSR count). The second-order valence-electron chi connectivity index (χ2n) is 9.13. The van der Waals surface area contributed by atoms with Crippen LogP contribution in [0.2, 0.25) is 0 Å². The third-order valence-corrected chi connectivity index (χ3v) is 6.43. The van der Waals surface area contributed by atoms with Crippen LogP contribution in [-0.4, -0.2) is 19.6 Å². The zero-order chi connectivity index (χ0) is 23.0. The molecule has 1 unspecified atom stereocenters. The van der Waals surface area contributed by atoms with Crippen LogP contribution in [0, 0.1) is 5.92 Å². The second kappa shape index (κ2) is 22.8. The van der Waals surface area contributed by atoms with E-state index < -0.39 is 10.4 Å². The van der Waals surface area contributed by atoms with E-state index in [1.54, 1.807) is 0 Å². The van der Waals surface area contributed by atoms with Crippen molar-refractivity contribution >= 4 is 10.4 Å². The minimum absolute atomic E-state index is 0.0457. The number of unbranched alkanes of at least 4 members (excludes halogenated alkanes) is 17. The van der Waals surface area contributed by atoms with E-state index >= 15 is 0 Å². The number of allylic oxidation sites excluding steroid dienone is 1. The van der Waals surface area contributed by atoms with E-state index in [0.717, 1.165) is 19.3 Å². The Morgan fingerprint density at radius 2 is 1.10 bits per heavy atom. The minimum Gasteiger partial charge on any atom is -0.264 e. The van der Waals surface area contributed by atoms with E-state index in [0.29, 0.717) is 0 Å². The molecule has 0 fully saturated rings. The van der Waals surface area contributed by atoms with Gasteiger partial charge in [-0.25, -0.2) is 4.18 Å². The molecule has 0 aromatic rings. The van der Waals surface area contributed by atoms with Crippen LogP contribution in [0.4, 0.5) is 0 Å². The molecule has 0 aromatic carbocycles. The molecule has 0 aliphatic carbocycles. The predicted molar refractivity (Wildman–Crippen MR) is 134 cm³/mol. The zero-order valence-corrected chi connectivity index (χ0v) is 21.5. The lowest BCUT2D eigenvalue weighted by atomic mass is 9.99. The van der Waals surface area contributed by atoms with Crippen LogP contribution in [0.15, 0.2) is 12.2 Å². The molecule has 0 aliphatic heterocycles. The molecule has 1 N–H and O–H groups in total. The molecule has 0 bridgehead atoms. The fraction of sp³-hybridized carbons (Fsp3) is 0.923. The largest absolute Gasteiger partial charge is 0.397 e. The maximum atomic E-state index is 10.9. The summed E-state index contributed by atoms with van der Waals surface area (Å²) in [7, 11) is -4.36. The quantitative estimate of drug-likeness (QED) is 0.0887. The van der Waals surface area contributed by atoms with E-state index in [1.165, 1.54) is 109 Å². The predicted octanol–water partition coefficient (Wildman–Crippen LogP) is 8.82. The van der Waals surface area contributed by atoms with Crippen molar-refractivity contribution in [3.63, 3.8) is 0 Å². The van der Waals surface area contributed by atoms with Crippen molar-refractivity contribution in [3.05, 3.63) is 12.2 Å². The van der Waals surface area contributed by atoms with Gasteiger partial charge in [-0.1, -0.05) is 135 Å². The van der Waals surface area contributed by atoms with Gasteiger partial charge in [-0.05, 0) is 19.3 Å². The van der Waals surface area contributed by atoms with E-state index in [1.807, 2.05) is 0 Å². The van der Waals surface area contributed by atoms with Crippen molar-refractivity contribution in [1.82, 2.24) is 0 Å². The highest BCUT2D eigenvalue weighted by Gasteiger charge is 2.11. The van der Waals surface area contributed by atoms with Crippen molar-refractivity contribution in [3.8, 4) is 0 Å². The molecule has 0 aromatic heterocycles. The van der Waals surface area contributed by atoms with Crippen LogP contribution in [0.25, 0.3) is 0 Å². The molecule has 31 heavy (non-hydrogen) atoms. The zero-order valence-electron chi connectivity index (χ0n) is 20.7. The Hall–Kier alpha value is -0.390. The summed E-state index contributed by atoms with van der Waals surface area (Å²) >= 11 is 0. The molecule has 0 saturated heterocycles. The Balaban J connectivity index is 3.90. The Morgan fingerprint density at radius 3 is 1.55 bits per heavy atom. The fourth-order valence-electron chi connectivity index (χ4n) is 3.99. The summed E-state index contributed by atoms with van der Waals surface area (Å²) in [6.07, 6.45) is 29.6. The normalized spacial score (nSPS) is 13.3. The Labute approximate surface area is 194 Å². The van der Waals surface area contributed by atoms with Crippen LogP contribution in [0.5, 0.6) is 0 Å². The maximum absolute atomic E-state index is 10.9. The highest BCUT2D eigenvalue weighted by atomic mass is 32.3. The molecule has 5 heteroatoms. The molecule has 186 valence electrons. The second-order valence-corrected chi connectivity index (χ2v) is 10.2. The third-order valence-electron chi connectivity index (χ3n) is 5.99. The number of rotatable bonds is 24. The summed E-state index contributed by atoms with van der Waals surface area (Å²) in [5.41, 5.74) is 0. The standard InChI is InChI=1S/C26H52O4S/c1-3-5-7-9-11-13-14-16-18-20-22-24-26(25-30-31(27,28)29)23-21-19-17-15-12-10-8-6-4-2/h22,24,26H,3-21,23,25H2,1-2H3,(H,27,28,29)/b24-22+. The van der Waals surface area contributed by atoms with E-state index in [2.05, 4.69) is 30.2 Å². The molecule has 0 heterocycles. The van der Waals surface area contributed by atoms with Crippen LogP contribution in [0.1, 0.15) is 142 Å². The van der Waals surface area contributed by atoms with Gasteiger partial charge in [0, 0.05) is 5.92 Å². The topological polar surface area (TPSA) is 63.6 Å². The van der Waals surface area contributed by atoms with Crippen molar-refractivity contribution in [2.45, 2.75) is 142 Å². The number of hydrogen-bond donors (Lipinski definition) is 1. The summed E-state index contributed by atoms with van der Waals surface area (Å²) in [5, 5.41) is 0. The smallest absolute Gasteiger partial charge is 0.264 e. The Kier molecular flexibility index (Phi) is 22.5. The molecule has 0 radical (unpaired) electrons. The monoisotopic (exact) mass is 460 g/mol. The SMILES string of the molecule is CCCCCCCCCCC/C=C/C(CCCCCCCCCCC)COS(=O)(=O)O. The highest BCUT2D eigenvalue weighted by Crippen LogP contribution is 2.17. The summed E-state index contributed by atoms with van der Waals surface area (Å²) in [4.78, 5) is 0. The first kappa shape index (κ1) is 30.6. The number of hydrogen-bond acceptors (Lipinski definition) is 3. The van der Waals surface area contributed by atoms with Gasteiger partial charge >= 0.3 is 10.4 Å². The van der Waals surface area contributed by atoms with E-state index in [4.69, 9.17) is 4.55 Å². The van der Waals surface area contributed by atoms with Crippen molar-refractivity contribution < 1.29 is 17.2 Å². The van der Waals surface area contributed by atoms with Crippen molar-refractivity contribution in [1.29, 1.82) is 0 Å². The molecule has 4 nitrogen and oxygen atoms in total. The molecule has 0 amide bonds. The van der Waals surface area contributed by atoms with Gasteiger partial charge in [0.1, 0.15) is 0 Å². The van der Waals surface area contributed by atoms with Gasteiger partial charge in [0.25, 0.3) is 0 Å². The maximum Gasteiger partial charge on any atom is 0.397 e. The van der Waals surface area contributed by atoms with Gasteiger partial charge in [-0.3, -0.25) is 4.55 Å². The molecule has 0 saturated carbocycles. The first-order valence-corrected chi connectivity index (χ1v) is 14.6. The first-order chi connectivity index (χ1) is 15.0. The van der Waals surface area contributed by atoms with Crippen molar-refractivity contribution in [2.24, 2.45) is 5.92 Å². The van der Waals surface area contributed by atoms with Gasteiger partial charge in [0.15, 0.2) is 0 Å². The molecular formula is C26H52O4S. The van der Waals surface area contributed by atoms with E-state index in [-0.39, 0.29) is 12.5 Å². The highest BCUT2D eigenvalue weighted by molar-refractivity contribution is 7.80. The molecule has 0 aliphatic rings. The third kappa shape index (κ3) is 25.7. The average Bonchev–Trinajstić information content (AvgIpc) is 2.73. The first-order valence-electron chi connectivity index (χ1n) is 13.3. The van der Waals surface area contributed by atoms with Crippen LogP contribution < -0.4 is 0 Å². The average molecular weight is 461 g/mol. The molecule has 0 spiro atoms. The van der Waals surface area contributed by atoms with Gasteiger partial charge < -0.3 is 0 Å². The van der Waals surface area contributed by atoms with Gasteiger partial charge in [-0.15, -0.1) is 0 Å². The summed E-state index contributed by atoms with van der Waals surface area (Å²) in [5.74, 6) is 0.0602. The van der Waals surface area contributed by atoms with E-state index in [9.17, 15) is 8.42 Å². The summed E-state index contributed by atoms with van der Waals surface area (Å²) in [6.45, 7) is 4.54. The van der Waals surface area contributed by atoms with Gasteiger partial charge in [0.2, 0.25) is 0 Å². The Morgan fingerprint density at radius 1 is 0.677 bits per heavy atom.